The summed E-state index contributed by atoms with van der Waals surface area (Å²) in [5, 5.41) is 2.75. The van der Waals surface area contributed by atoms with Crippen LogP contribution in [-0.2, 0) is 14.3 Å². The maximum Gasteiger partial charge on any atom is 0.410 e. The molecule has 0 spiro atoms. The van der Waals surface area contributed by atoms with Crippen LogP contribution >= 0.6 is 0 Å². The molecule has 0 bridgehead atoms. The van der Waals surface area contributed by atoms with Crippen molar-refractivity contribution in [3.8, 4) is 0 Å². The first-order valence-electron chi connectivity index (χ1n) is 11.3. The van der Waals surface area contributed by atoms with Gasteiger partial charge in [0.05, 0.1) is 6.04 Å². The number of carbonyl (C=O) groups excluding carboxylic acids is 3. The summed E-state index contributed by atoms with van der Waals surface area (Å²) in [5.74, 6) is -0.390. The van der Waals surface area contributed by atoms with Crippen LogP contribution < -0.4 is 34.0 Å². The van der Waals surface area contributed by atoms with Crippen molar-refractivity contribution in [2.45, 2.75) is 57.9 Å². The first-order chi connectivity index (χ1) is 15.4. The second-order valence-corrected chi connectivity index (χ2v) is 7.14. The van der Waals surface area contributed by atoms with Gasteiger partial charge in [0, 0.05) is 13.1 Å². The summed E-state index contributed by atoms with van der Waals surface area (Å²) in [6, 6.07) is -0.414. The molecule has 190 valence electrons. The van der Waals surface area contributed by atoms with E-state index in [2.05, 4.69) is 12.2 Å². The maximum atomic E-state index is 12.3. The van der Waals surface area contributed by atoms with Crippen molar-refractivity contribution in [2.24, 2.45) is 28.7 Å². The molecule has 0 aromatic carbocycles. The van der Waals surface area contributed by atoms with Gasteiger partial charge in [0.25, 0.3) is 0 Å². The van der Waals surface area contributed by atoms with Crippen LogP contribution in [0.4, 0.5) is 9.59 Å². The molecule has 12 nitrogen and oxygen atoms in total. The van der Waals surface area contributed by atoms with E-state index in [-0.39, 0.29) is 26.3 Å². The van der Waals surface area contributed by atoms with E-state index in [1.54, 1.807) is 0 Å². The van der Waals surface area contributed by atoms with Crippen LogP contribution in [0.15, 0.2) is 0 Å². The number of nitrogens with two attached hydrogens (primary N) is 5. The van der Waals surface area contributed by atoms with Gasteiger partial charge in [-0.2, -0.15) is 0 Å². The van der Waals surface area contributed by atoms with Crippen LogP contribution in [0.2, 0.25) is 0 Å². The lowest BCUT2D eigenvalue weighted by Crippen LogP contribution is -2.46. The molecule has 0 aliphatic carbocycles. The second kappa shape index (κ2) is 23.5. The highest BCUT2D eigenvalue weighted by molar-refractivity contribution is 5.82. The van der Waals surface area contributed by atoms with Gasteiger partial charge in [-0.15, -0.1) is 0 Å². The fraction of sp³-hybridized carbons (Fsp3) is 0.850. The number of hydrogen-bond acceptors (Lipinski definition) is 9. The summed E-state index contributed by atoms with van der Waals surface area (Å²) >= 11 is 0. The Morgan fingerprint density at radius 2 is 1.50 bits per heavy atom. The van der Waals surface area contributed by atoms with Gasteiger partial charge in [0.2, 0.25) is 5.91 Å². The topological polar surface area (TPSA) is 215 Å². The van der Waals surface area contributed by atoms with E-state index in [4.69, 9.17) is 38.1 Å². The number of nitrogens with one attached hydrogen (secondary N) is 1. The molecule has 0 saturated heterocycles. The Hall–Kier alpha value is -2.15. The van der Waals surface area contributed by atoms with E-state index < -0.39 is 24.1 Å². The summed E-state index contributed by atoms with van der Waals surface area (Å²) in [7, 11) is 0. The van der Waals surface area contributed by atoms with Gasteiger partial charge in [0.1, 0.15) is 19.8 Å². The van der Waals surface area contributed by atoms with Gasteiger partial charge in [-0.05, 0) is 51.7 Å². The van der Waals surface area contributed by atoms with Gasteiger partial charge in [-0.3, -0.25) is 9.69 Å². The van der Waals surface area contributed by atoms with Crippen LogP contribution in [0.3, 0.4) is 0 Å². The third kappa shape index (κ3) is 21.1. The summed E-state index contributed by atoms with van der Waals surface area (Å²) < 4.78 is 9.78. The summed E-state index contributed by atoms with van der Waals surface area (Å²) in [6.45, 7) is 4.37. The van der Waals surface area contributed by atoms with Crippen LogP contribution in [0, 0.1) is 0 Å². The number of hydrogen-bond donors (Lipinski definition) is 6. The van der Waals surface area contributed by atoms with Gasteiger partial charge < -0.3 is 43.5 Å². The zero-order valence-electron chi connectivity index (χ0n) is 19.6. The Kier molecular flexibility index (Phi) is 23.5. The quantitative estimate of drug-likeness (QED) is 0.154. The van der Waals surface area contributed by atoms with Crippen LogP contribution in [0.5, 0.6) is 0 Å². The number of nitrogens with zero attached hydrogens (tertiary/aromatic N) is 1. The molecule has 12 heteroatoms. The molecular weight excluding hydrogens is 418 g/mol. The molecule has 11 N–H and O–H groups in total. The molecule has 3 amide bonds. The fourth-order valence-electron chi connectivity index (χ4n) is 2.49. The third-order valence-electron chi connectivity index (χ3n) is 4.17. The van der Waals surface area contributed by atoms with Crippen molar-refractivity contribution >= 4 is 18.1 Å². The standard InChI is InChI=1S/C16H34N6O5.C4H11N/c17-6-2-1-5-13(12-27-15(20)24)21-14(23)11-22(9-4-3-7-18)16(25)26-10-8-19;1-2-3-4-5/h13H,1-12,17-19H2,(H2,20,24)(H,21,23);2-5H2,1H3. The van der Waals surface area contributed by atoms with Crippen molar-refractivity contribution in [1.29, 1.82) is 0 Å². The summed E-state index contributed by atoms with van der Waals surface area (Å²) in [4.78, 5) is 36.5. The molecule has 0 aliphatic heterocycles. The van der Waals surface area contributed by atoms with Crippen LogP contribution in [-0.4, -0.2) is 81.5 Å². The Morgan fingerprint density at radius 3 is 2.00 bits per heavy atom. The van der Waals surface area contributed by atoms with Gasteiger partial charge in [-0.25, -0.2) is 9.59 Å². The van der Waals surface area contributed by atoms with Crippen LogP contribution in [0.25, 0.3) is 0 Å². The number of carbonyl (C=O) groups is 3. The fourth-order valence-corrected chi connectivity index (χ4v) is 2.49. The normalized spacial score (nSPS) is 11.0. The second-order valence-electron chi connectivity index (χ2n) is 7.14. The lowest BCUT2D eigenvalue weighted by Gasteiger charge is -2.24. The van der Waals surface area contributed by atoms with Crippen molar-refractivity contribution in [3.63, 3.8) is 0 Å². The summed E-state index contributed by atoms with van der Waals surface area (Å²) in [5.41, 5.74) is 26.4. The minimum Gasteiger partial charge on any atom is -0.448 e. The average molecular weight is 464 g/mol. The highest BCUT2D eigenvalue weighted by Gasteiger charge is 2.20. The number of unbranched alkanes of at least 4 members (excludes halogenated alkanes) is 3. The van der Waals surface area contributed by atoms with E-state index in [1.165, 1.54) is 17.7 Å². The Morgan fingerprint density at radius 1 is 0.875 bits per heavy atom. The molecule has 1 unspecified atom stereocenters. The van der Waals surface area contributed by atoms with Crippen LogP contribution in [0.1, 0.15) is 51.9 Å². The molecule has 0 fully saturated rings. The predicted molar refractivity (Wildman–Crippen MR) is 125 cm³/mol. The van der Waals surface area contributed by atoms with Gasteiger partial charge in [0.15, 0.2) is 0 Å². The molecule has 0 aliphatic rings. The molecule has 0 aromatic rings. The third-order valence-corrected chi connectivity index (χ3v) is 4.17. The number of primary amides is 1. The Labute approximate surface area is 191 Å². The largest absolute Gasteiger partial charge is 0.448 e. The van der Waals surface area contributed by atoms with E-state index in [0.717, 1.165) is 25.8 Å². The van der Waals surface area contributed by atoms with Crippen molar-refractivity contribution in [1.82, 2.24) is 10.2 Å². The Bertz CT molecular complexity index is 481. The molecule has 0 radical (unpaired) electrons. The molecule has 0 rings (SSSR count). The molecule has 0 heterocycles. The van der Waals surface area contributed by atoms with Crippen molar-refractivity contribution < 1.29 is 23.9 Å². The highest BCUT2D eigenvalue weighted by Crippen LogP contribution is 2.03. The average Bonchev–Trinajstić information content (AvgIpc) is 2.76. The van der Waals surface area contributed by atoms with Crippen molar-refractivity contribution in [2.75, 3.05) is 52.5 Å². The minimum absolute atomic E-state index is 0.0452. The van der Waals surface area contributed by atoms with E-state index in [9.17, 15) is 14.4 Å². The Balaban J connectivity index is 0. The number of amides is 3. The molecule has 0 aromatic heterocycles. The first kappa shape index (κ1) is 32.0. The molecule has 32 heavy (non-hydrogen) atoms. The smallest absolute Gasteiger partial charge is 0.410 e. The van der Waals surface area contributed by atoms with E-state index in [1.807, 2.05) is 0 Å². The minimum atomic E-state index is -0.915. The maximum absolute atomic E-state index is 12.3. The molecule has 0 saturated carbocycles. The molecular formula is C20H45N7O5. The van der Waals surface area contributed by atoms with Gasteiger partial charge >= 0.3 is 12.2 Å². The zero-order valence-corrected chi connectivity index (χ0v) is 19.6. The lowest BCUT2D eigenvalue weighted by molar-refractivity contribution is -0.123. The van der Waals surface area contributed by atoms with Gasteiger partial charge in [-0.1, -0.05) is 19.8 Å². The van der Waals surface area contributed by atoms with E-state index in [0.29, 0.717) is 32.5 Å². The first-order valence-corrected chi connectivity index (χ1v) is 11.3. The number of ether oxygens (including phenoxy) is 2. The molecule has 1 atom stereocenters. The predicted octanol–water partition coefficient (Wildman–Crippen LogP) is -0.423. The SMILES string of the molecule is CCCCN.NCCCCC(COC(N)=O)NC(=O)CN(CCCCN)C(=O)OCCN. The summed E-state index contributed by atoms with van der Waals surface area (Å²) in [6.07, 6.45) is 4.32. The lowest BCUT2D eigenvalue weighted by atomic mass is 10.1. The van der Waals surface area contributed by atoms with E-state index >= 15 is 0 Å². The highest BCUT2D eigenvalue weighted by atomic mass is 16.6. The number of rotatable bonds is 17. The van der Waals surface area contributed by atoms with Crippen molar-refractivity contribution in [3.05, 3.63) is 0 Å². The monoisotopic (exact) mass is 463 g/mol. The zero-order chi connectivity index (χ0) is 24.6.